The molecule has 0 aliphatic carbocycles. The third-order valence-electron chi connectivity index (χ3n) is 1.72. The Morgan fingerprint density at radius 1 is 1.31 bits per heavy atom. The summed E-state index contributed by atoms with van der Waals surface area (Å²) in [5.41, 5.74) is 0. The Bertz CT molecular complexity index is 294. The fourth-order valence-electron chi connectivity index (χ4n) is 0.881. The molecule has 16 heavy (non-hydrogen) atoms. The summed E-state index contributed by atoms with van der Waals surface area (Å²) in [4.78, 5) is 32.1. The van der Waals surface area contributed by atoms with Crippen LogP contribution in [0.5, 0.6) is 0 Å². The van der Waals surface area contributed by atoms with Crippen LogP contribution in [0.1, 0.15) is 19.8 Å². The van der Waals surface area contributed by atoms with E-state index in [9.17, 15) is 14.4 Å². The summed E-state index contributed by atoms with van der Waals surface area (Å²) in [7, 11) is 1.24. The van der Waals surface area contributed by atoms with Crippen molar-refractivity contribution in [3.05, 3.63) is 12.2 Å². The minimum atomic E-state index is -1.24. The number of esters is 2. The van der Waals surface area contributed by atoms with Crippen LogP contribution in [0.2, 0.25) is 0 Å². The molecule has 0 fully saturated rings. The van der Waals surface area contributed by atoms with Gasteiger partial charge in [-0.25, -0.2) is 9.59 Å². The lowest BCUT2D eigenvalue weighted by Gasteiger charge is -2.13. The second-order valence-corrected chi connectivity index (χ2v) is 2.92. The lowest BCUT2D eigenvalue weighted by Crippen LogP contribution is -2.20. The third-order valence-corrected chi connectivity index (χ3v) is 1.72. The predicted octanol–water partition coefficient (Wildman–Crippen LogP) is 0.512. The average molecular weight is 230 g/mol. The molecule has 0 aromatic rings. The van der Waals surface area contributed by atoms with Gasteiger partial charge < -0.3 is 14.6 Å². The van der Waals surface area contributed by atoms with Gasteiger partial charge in [0.1, 0.15) is 6.10 Å². The van der Waals surface area contributed by atoms with Crippen LogP contribution in [0.25, 0.3) is 0 Å². The summed E-state index contributed by atoms with van der Waals surface area (Å²) in [6, 6.07) is 0. The van der Waals surface area contributed by atoms with Gasteiger partial charge in [-0.05, 0) is 6.42 Å². The highest BCUT2D eigenvalue weighted by molar-refractivity contribution is 5.90. The first-order chi connectivity index (χ1) is 7.49. The third kappa shape index (κ3) is 6.58. The maximum absolute atomic E-state index is 11.1. The normalized spacial score (nSPS) is 12.1. The van der Waals surface area contributed by atoms with Gasteiger partial charge >= 0.3 is 17.9 Å². The predicted molar refractivity (Wildman–Crippen MR) is 53.6 cm³/mol. The number of hydrogen-bond acceptors (Lipinski definition) is 5. The van der Waals surface area contributed by atoms with Crippen LogP contribution in [-0.4, -0.2) is 36.2 Å². The average Bonchev–Trinajstić information content (AvgIpc) is 2.25. The zero-order valence-electron chi connectivity index (χ0n) is 9.13. The van der Waals surface area contributed by atoms with Crippen molar-refractivity contribution in [2.45, 2.75) is 25.9 Å². The molecule has 0 saturated heterocycles. The second kappa shape index (κ2) is 7.44. The number of carboxylic acids is 1. The minimum Gasteiger partial charge on any atom is -0.478 e. The smallest absolute Gasteiger partial charge is 0.331 e. The summed E-state index contributed by atoms with van der Waals surface area (Å²) in [6.45, 7) is 1.74. The maximum atomic E-state index is 11.1. The number of rotatable bonds is 6. The number of carboxylic acid groups (broad SMARTS) is 1. The fourth-order valence-corrected chi connectivity index (χ4v) is 0.881. The number of carbonyl (C=O) groups excluding carboxylic acids is 2. The lowest BCUT2D eigenvalue weighted by atomic mass is 10.2. The number of aliphatic carboxylic acids is 1. The van der Waals surface area contributed by atoms with E-state index in [0.717, 1.165) is 6.08 Å². The summed E-state index contributed by atoms with van der Waals surface area (Å²) >= 11 is 0. The molecule has 90 valence electrons. The molecule has 1 N–H and O–H groups in total. The first-order valence-electron chi connectivity index (χ1n) is 4.68. The molecule has 0 aromatic heterocycles. The molecule has 1 atom stereocenters. The Kier molecular flexibility index (Phi) is 6.58. The van der Waals surface area contributed by atoms with Crippen molar-refractivity contribution in [2.75, 3.05) is 7.11 Å². The summed E-state index contributed by atoms with van der Waals surface area (Å²) in [6.07, 6.45) is 1.27. The highest BCUT2D eigenvalue weighted by Crippen LogP contribution is 2.05. The summed E-state index contributed by atoms with van der Waals surface area (Å²) in [5, 5.41) is 8.27. The molecule has 6 nitrogen and oxygen atoms in total. The number of carbonyl (C=O) groups is 3. The van der Waals surface area contributed by atoms with Gasteiger partial charge in [-0.15, -0.1) is 0 Å². The Morgan fingerprint density at radius 2 is 1.94 bits per heavy atom. The molecule has 0 saturated carbocycles. The van der Waals surface area contributed by atoms with E-state index in [0.29, 0.717) is 12.5 Å². The van der Waals surface area contributed by atoms with Crippen LogP contribution in [0, 0.1) is 0 Å². The van der Waals surface area contributed by atoms with E-state index in [4.69, 9.17) is 9.84 Å². The van der Waals surface area contributed by atoms with Gasteiger partial charge in [0.05, 0.1) is 13.5 Å². The topological polar surface area (TPSA) is 89.9 Å². The van der Waals surface area contributed by atoms with Gasteiger partial charge in [0.2, 0.25) is 0 Å². The van der Waals surface area contributed by atoms with Crippen LogP contribution in [0.15, 0.2) is 12.2 Å². The van der Waals surface area contributed by atoms with Crippen molar-refractivity contribution in [3.63, 3.8) is 0 Å². The van der Waals surface area contributed by atoms with E-state index in [-0.39, 0.29) is 6.42 Å². The number of hydrogen-bond donors (Lipinski definition) is 1. The first-order valence-corrected chi connectivity index (χ1v) is 4.68. The van der Waals surface area contributed by atoms with Crippen molar-refractivity contribution >= 4 is 17.9 Å². The van der Waals surface area contributed by atoms with E-state index >= 15 is 0 Å². The van der Waals surface area contributed by atoms with Gasteiger partial charge in [0.25, 0.3) is 0 Å². The molecular formula is C10H14O6. The molecule has 0 aromatic carbocycles. The first kappa shape index (κ1) is 14.2. The van der Waals surface area contributed by atoms with Gasteiger partial charge in [-0.3, -0.25) is 4.79 Å². The van der Waals surface area contributed by atoms with Crippen LogP contribution in [0.3, 0.4) is 0 Å². The van der Waals surface area contributed by atoms with E-state index in [1.807, 2.05) is 0 Å². The van der Waals surface area contributed by atoms with Crippen molar-refractivity contribution in [1.82, 2.24) is 0 Å². The zero-order valence-corrected chi connectivity index (χ0v) is 9.13. The van der Waals surface area contributed by atoms with E-state index in [1.54, 1.807) is 6.92 Å². The number of methoxy groups -OCH3 is 1. The molecule has 0 bridgehead atoms. The molecule has 0 amide bonds. The summed E-state index contributed by atoms with van der Waals surface area (Å²) in [5.74, 6) is -2.52. The molecule has 0 aliphatic rings. The van der Waals surface area contributed by atoms with Gasteiger partial charge in [-0.1, -0.05) is 6.92 Å². The Balaban J connectivity index is 4.16. The monoisotopic (exact) mass is 230 g/mol. The molecule has 0 spiro atoms. The fraction of sp³-hybridized carbons (Fsp3) is 0.500. The molecule has 0 heterocycles. The van der Waals surface area contributed by atoms with E-state index in [2.05, 4.69) is 4.74 Å². The Labute approximate surface area is 92.8 Å². The highest BCUT2D eigenvalue weighted by atomic mass is 16.6. The largest absolute Gasteiger partial charge is 0.478 e. The SMILES string of the molecule is CC[C@H](CC(=O)OC)OC(=O)/C=C\C(=O)O. The molecule has 0 radical (unpaired) electrons. The van der Waals surface area contributed by atoms with Crippen molar-refractivity contribution in [1.29, 1.82) is 0 Å². The van der Waals surface area contributed by atoms with Crippen molar-refractivity contribution in [2.24, 2.45) is 0 Å². The summed E-state index contributed by atoms with van der Waals surface area (Å²) < 4.78 is 9.25. The van der Waals surface area contributed by atoms with Crippen LogP contribution < -0.4 is 0 Å². The quantitative estimate of drug-likeness (QED) is 0.528. The second-order valence-electron chi connectivity index (χ2n) is 2.92. The van der Waals surface area contributed by atoms with E-state index < -0.39 is 24.0 Å². The number of ether oxygens (including phenoxy) is 2. The maximum Gasteiger partial charge on any atom is 0.331 e. The van der Waals surface area contributed by atoms with Crippen LogP contribution >= 0.6 is 0 Å². The Morgan fingerprint density at radius 3 is 2.38 bits per heavy atom. The molecular weight excluding hydrogens is 216 g/mol. The molecule has 6 heteroatoms. The van der Waals surface area contributed by atoms with Crippen molar-refractivity contribution < 1.29 is 29.0 Å². The van der Waals surface area contributed by atoms with Crippen LogP contribution in [-0.2, 0) is 23.9 Å². The molecule has 0 rings (SSSR count). The zero-order chi connectivity index (χ0) is 12.6. The lowest BCUT2D eigenvalue weighted by molar-refractivity contribution is -0.150. The van der Waals surface area contributed by atoms with Crippen LogP contribution in [0.4, 0.5) is 0 Å². The van der Waals surface area contributed by atoms with Gasteiger partial charge in [0.15, 0.2) is 0 Å². The highest BCUT2D eigenvalue weighted by Gasteiger charge is 2.15. The van der Waals surface area contributed by atoms with Gasteiger partial charge in [-0.2, -0.15) is 0 Å². The molecule has 0 aliphatic heterocycles. The molecule has 0 unspecified atom stereocenters. The van der Waals surface area contributed by atoms with Gasteiger partial charge in [0, 0.05) is 12.2 Å². The Hall–Kier alpha value is -1.85. The minimum absolute atomic E-state index is 0.0420. The van der Waals surface area contributed by atoms with E-state index in [1.165, 1.54) is 7.11 Å². The standard InChI is InChI=1S/C10H14O6/c1-3-7(6-10(14)15-2)16-9(13)5-4-8(11)12/h4-5,7H,3,6H2,1-2H3,(H,11,12)/b5-4-/t7-/m1/s1. The van der Waals surface area contributed by atoms with Crippen molar-refractivity contribution in [3.8, 4) is 0 Å².